The maximum Gasteiger partial charge on any atom is 0.235 e. The molecule has 2 rings (SSSR count). The molecule has 1 aliphatic carbocycles. The largest absolute Gasteiger partial charge is 0.492 e. The fourth-order valence-electron chi connectivity index (χ4n) is 2.89. The van der Waals surface area contributed by atoms with Gasteiger partial charge in [-0.25, -0.2) is 0 Å². The second kappa shape index (κ2) is 8.54. The minimum Gasteiger partial charge on any atom is -0.492 e. The Labute approximate surface area is 138 Å². The summed E-state index contributed by atoms with van der Waals surface area (Å²) in [6.07, 6.45) is 4.69. The number of benzene rings is 1. The number of ether oxygens (including phenoxy) is 1. The molecule has 124 valence electrons. The van der Waals surface area contributed by atoms with Crippen LogP contribution >= 0.6 is 0 Å². The molecule has 0 spiro atoms. The van der Waals surface area contributed by atoms with Crippen molar-refractivity contribution in [1.82, 2.24) is 10.2 Å². The SMILES string of the molecule is CN(CCOc1ccccc1)CC(=O)NC1(C#N)CCCCC1. The minimum atomic E-state index is -0.656. The van der Waals surface area contributed by atoms with E-state index in [9.17, 15) is 10.1 Å². The predicted molar refractivity (Wildman–Crippen MR) is 89.0 cm³/mol. The van der Waals surface area contributed by atoms with E-state index in [1.54, 1.807) is 0 Å². The Kier molecular flexibility index (Phi) is 6.42. The molecule has 0 bridgehead atoms. The quantitative estimate of drug-likeness (QED) is 0.839. The van der Waals surface area contributed by atoms with Crippen molar-refractivity contribution in [3.63, 3.8) is 0 Å². The number of nitrogens with zero attached hydrogens (tertiary/aromatic N) is 2. The fourth-order valence-corrected chi connectivity index (χ4v) is 2.89. The van der Waals surface area contributed by atoms with Crippen molar-refractivity contribution in [3.05, 3.63) is 30.3 Å². The van der Waals surface area contributed by atoms with Crippen molar-refractivity contribution >= 4 is 5.91 Å². The third-order valence-corrected chi connectivity index (χ3v) is 4.20. The first kappa shape index (κ1) is 17.3. The molecule has 0 atom stereocenters. The summed E-state index contributed by atoms with van der Waals surface area (Å²) in [7, 11) is 1.88. The van der Waals surface area contributed by atoms with Crippen molar-refractivity contribution in [2.75, 3.05) is 26.7 Å². The lowest BCUT2D eigenvalue weighted by molar-refractivity contribution is -0.123. The summed E-state index contributed by atoms with van der Waals surface area (Å²) in [6, 6.07) is 11.9. The molecule has 1 fully saturated rings. The van der Waals surface area contributed by atoms with Gasteiger partial charge in [0.05, 0.1) is 12.6 Å². The van der Waals surface area contributed by atoms with Gasteiger partial charge in [0.1, 0.15) is 17.9 Å². The van der Waals surface area contributed by atoms with Crippen molar-refractivity contribution in [3.8, 4) is 11.8 Å². The van der Waals surface area contributed by atoms with Crippen LogP contribution in [-0.4, -0.2) is 43.1 Å². The molecular formula is C18H25N3O2. The maximum absolute atomic E-state index is 12.2. The Morgan fingerprint density at radius 2 is 2.00 bits per heavy atom. The fraction of sp³-hybridized carbons (Fsp3) is 0.556. The molecule has 23 heavy (non-hydrogen) atoms. The summed E-state index contributed by atoms with van der Waals surface area (Å²) in [4.78, 5) is 14.1. The summed E-state index contributed by atoms with van der Waals surface area (Å²) in [5, 5.41) is 12.3. The zero-order chi connectivity index (χ0) is 16.5. The zero-order valence-electron chi connectivity index (χ0n) is 13.8. The van der Waals surface area contributed by atoms with Crippen LogP contribution in [0.2, 0.25) is 0 Å². The van der Waals surface area contributed by atoms with E-state index in [0.717, 1.165) is 37.9 Å². The summed E-state index contributed by atoms with van der Waals surface area (Å²) in [6.45, 7) is 1.46. The smallest absolute Gasteiger partial charge is 0.235 e. The lowest BCUT2D eigenvalue weighted by Crippen LogP contribution is -2.51. The van der Waals surface area contributed by atoms with Crippen LogP contribution in [0.1, 0.15) is 32.1 Å². The maximum atomic E-state index is 12.2. The first-order chi connectivity index (χ1) is 11.1. The van der Waals surface area contributed by atoms with Crippen LogP contribution in [-0.2, 0) is 4.79 Å². The Morgan fingerprint density at radius 3 is 2.65 bits per heavy atom. The van der Waals surface area contributed by atoms with E-state index in [-0.39, 0.29) is 12.5 Å². The molecule has 1 aromatic rings. The lowest BCUT2D eigenvalue weighted by atomic mass is 9.83. The van der Waals surface area contributed by atoms with Crippen molar-refractivity contribution in [1.29, 1.82) is 5.26 Å². The first-order valence-electron chi connectivity index (χ1n) is 8.22. The van der Waals surface area contributed by atoms with E-state index in [4.69, 9.17) is 4.74 Å². The number of para-hydroxylation sites is 1. The second-order valence-electron chi connectivity index (χ2n) is 6.20. The summed E-state index contributed by atoms with van der Waals surface area (Å²) in [5.41, 5.74) is -0.656. The Morgan fingerprint density at radius 1 is 1.30 bits per heavy atom. The molecule has 0 radical (unpaired) electrons. The van der Waals surface area contributed by atoms with Gasteiger partial charge >= 0.3 is 0 Å². The van der Waals surface area contributed by atoms with Gasteiger partial charge < -0.3 is 10.1 Å². The van der Waals surface area contributed by atoms with E-state index in [1.807, 2.05) is 42.3 Å². The molecule has 0 aromatic heterocycles. The van der Waals surface area contributed by atoms with Crippen molar-refractivity contribution in [2.45, 2.75) is 37.6 Å². The molecule has 0 saturated heterocycles. The van der Waals surface area contributed by atoms with Crippen LogP contribution < -0.4 is 10.1 Å². The van der Waals surface area contributed by atoms with Crippen LogP contribution in [0.5, 0.6) is 5.75 Å². The topological polar surface area (TPSA) is 65.4 Å². The number of likely N-dealkylation sites (N-methyl/N-ethyl adjacent to an activating group) is 1. The monoisotopic (exact) mass is 315 g/mol. The number of nitrogens with one attached hydrogen (secondary N) is 1. The number of carbonyl (C=O) groups excluding carboxylic acids is 1. The van der Waals surface area contributed by atoms with E-state index < -0.39 is 5.54 Å². The molecule has 1 amide bonds. The van der Waals surface area contributed by atoms with E-state index >= 15 is 0 Å². The Balaban J connectivity index is 1.71. The van der Waals surface area contributed by atoms with Gasteiger partial charge in [-0.15, -0.1) is 0 Å². The molecule has 5 nitrogen and oxygen atoms in total. The molecule has 1 aromatic carbocycles. The van der Waals surface area contributed by atoms with Crippen LogP contribution in [0, 0.1) is 11.3 Å². The van der Waals surface area contributed by atoms with Crippen LogP contribution in [0.15, 0.2) is 30.3 Å². The third kappa shape index (κ3) is 5.57. The van der Waals surface area contributed by atoms with Gasteiger partial charge in [-0.05, 0) is 32.0 Å². The molecule has 1 saturated carbocycles. The van der Waals surface area contributed by atoms with Crippen LogP contribution in [0.4, 0.5) is 0 Å². The van der Waals surface area contributed by atoms with Gasteiger partial charge in [-0.2, -0.15) is 5.26 Å². The number of carbonyl (C=O) groups is 1. The second-order valence-corrected chi connectivity index (χ2v) is 6.20. The van der Waals surface area contributed by atoms with E-state index in [0.29, 0.717) is 13.2 Å². The molecule has 0 unspecified atom stereocenters. The van der Waals surface area contributed by atoms with Crippen LogP contribution in [0.3, 0.4) is 0 Å². The lowest BCUT2D eigenvalue weighted by Gasteiger charge is -2.32. The standard InChI is InChI=1S/C18H25N3O2/c1-21(12-13-23-16-8-4-2-5-9-16)14-17(22)20-18(15-19)10-6-3-7-11-18/h2,4-5,8-9H,3,6-7,10-14H2,1H3,(H,20,22). The van der Waals surface area contributed by atoms with Crippen LogP contribution in [0.25, 0.3) is 0 Å². The molecular weight excluding hydrogens is 290 g/mol. The highest BCUT2D eigenvalue weighted by atomic mass is 16.5. The summed E-state index contributed by atoms with van der Waals surface area (Å²) < 4.78 is 5.62. The van der Waals surface area contributed by atoms with Gasteiger partial charge in [-0.3, -0.25) is 9.69 Å². The summed E-state index contributed by atoms with van der Waals surface area (Å²) >= 11 is 0. The highest BCUT2D eigenvalue weighted by Crippen LogP contribution is 2.27. The average Bonchev–Trinajstić information content (AvgIpc) is 2.56. The third-order valence-electron chi connectivity index (χ3n) is 4.20. The number of rotatable bonds is 7. The van der Waals surface area contributed by atoms with E-state index in [2.05, 4.69) is 11.4 Å². The molecule has 0 aliphatic heterocycles. The number of hydrogen-bond acceptors (Lipinski definition) is 4. The molecule has 0 heterocycles. The van der Waals surface area contributed by atoms with Gasteiger partial charge in [0.15, 0.2) is 0 Å². The molecule has 5 heteroatoms. The molecule has 1 N–H and O–H groups in total. The zero-order valence-corrected chi connectivity index (χ0v) is 13.8. The average molecular weight is 315 g/mol. The minimum absolute atomic E-state index is 0.0874. The van der Waals surface area contributed by atoms with Crippen molar-refractivity contribution in [2.24, 2.45) is 0 Å². The van der Waals surface area contributed by atoms with E-state index in [1.165, 1.54) is 0 Å². The van der Waals surface area contributed by atoms with Gasteiger partial charge in [0, 0.05) is 6.54 Å². The van der Waals surface area contributed by atoms with Crippen molar-refractivity contribution < 1.29 is 9.53 Å². The number of hydrogen-bond donors (Lipinski definition) is 1. The highest BCUT2D eigenvalue weighted by Gasteiger charge is 2.33. The highest BCUT2D eigenvalue weighted by molar-refractivity contribution is 5.79. The van der Waals surface area contributed by atoms with Gasteiger partial charge in [0.2, 0.25) is 5.91 Å². The Bertz CT molecular complexity index is 533. The normalized spacial score (nSPS) is 16.6. The number of amides is 1. The Hall–Kier alpha value is -2.06. The predicted octanol–water partition coefficient (Wildman–Crippen LogP) is 2.34. The first-order valence-corrected chi connectivity index (χ1v) is 8.22. The summed E-state index contributed by atoms with van der Waals surface area (Å²) in [5.74, 6) is 0.742. The number of nitriles is 1. The van der Waals surface area contributed by atoms with Gasteiger partial charge in [-0.1, -0.05) is 37.5 Å². The molecule has 1 aliphatic rings. The van der Waals surface area contributed by atoms with Gasteiger partial charge in [0.25, 0.3) is 0 Å².